The number of anilines is 1. The molecule has 4 rings (SSSR count). The van der Waals surface area contributed by atoms with Crippen LogP contribution in [-0.4, -0.2) is 55.9 Å². The molecule has 1 amide bonds. The van der Waals surface area contributed by atoms with E-state index >= 15 is 0 Å². The molecule has 1 aliphatic carbocycles. The minimum absolute atomic E-state index is 0.00797. The number of hydrogen-bond acceptors (Lipinski definition) is 6. The Balaban J connectivity index is 1.48. The van der Waals surface area contributed by atoms with Gasteiger partial charge < -0.3 is 19.7 Å². The zero-order valence-electron chi connectivity index (χ0n) is 15.4. The van der Waals surface area contributed by atoms with Gasteiger partial charge in [0.25, 0.3) is 0 Å². The van der Waals surface area contributed by atoms with Crippen LogP contribution in [0.4, 0.5) is 5.82 Å². The number of methoxy groups -OCH3 is 1. The van der Waals surface area contributed by atoms with Crippen molar-refractivity contribution in [3.05, 3.63) is 54.0 Å². The van der Waals surface area contributed by atoms with E-state index in [1.807, 2.05) is 6.07 Å². The first kappa shape index (κ1) is 17.9. The fourth-order valence-electron chi connectivity index (χ4n) is 4.21. The van der Waals surface area contributed by atoms with Crippen LogP contribution in [0.2, 0.25) is 0 Å². The summed E-state index contributed by atoms with van der Waals surface area (Å²) in [5, 5.41) is 3.19. The number of aromatic nitrogens is 2. The third-order valence-corrected chi connectivity index (χ3v) is 5.38. The summed E-state index contributed by atoms with van der Waals surface area (Å²) < 4.78 is 10.3. The average Bonchev–Trinajstić information content (AvgIpc) is 3.25. The van der Waals surface area contributed by atoms with Gasteiger partial charge in [0.2, 0.25) is 5.91 Å². The molecule has 1 fully saturated rings. The first-order valence-electron chi connectivity index (χ1n) is 9.23. The number of carbonyl (C=O) groups excluding carboxylic acids is 1. The molecule has 0 radical (unpaired) electrons. The number of nitrogens with zero attached hydrogens (tertiary/aromatic N) is 3. The lowest BCUT2D eigenvalue weighted by molar-refractivity contribution is -0.127. The molecule has 2 aromatic rings. The third kappa shape index (κ3) is 3.65. The Morgan fingerprint density at radius 1 is 1.22 bits per heavy atom. The summed E-state index contributed by atoms with van der Waals surface area (Å²) in [5.74, 6) is 1.48. The maximum atomic E-state index is 12.4. The van der Waals surface area contributed by atoms with Crippen molar-refractivity contribution in [1.82, 2.24) is 15.3 Å². The number of ether oxygens (including phenoxy) is 2. The molecule has 142 valence electrons. The van der Waals surface area contributed by atoms with Crippen LogP contribution < -0.4 is 10.2 Å². The summed E-state index contributed by atoms with van der Waals surface area (Å²) in [5.41, 5.74) is 2.54. The fraction of sp³-hybridized carbons (Fsp3) is 0.450. The number of hydrogen-bond donors (Lipinski definition) is 1. The van der Waals surface area contributed by atoms with Crippen molar-refractivity contribution in [2.75, 3.05) is 44.9 Å². The van der Waals surface area contributed by atoms with E-state index in [0.29, 0.717) is 25.0 Å². The minimum atomic E-state index is -0.0930. The second kappa shape index (κ2) is 8.02. The van der Waals surface area contributed by atoms with Gasteiger partial charge >= 0.3 is 0 Å². The Morgan fingerprint density at radius 3 is 2.85 bits per heavy atom. The van der Waals surface area contributed by atoms with E-state index in [1.54, 1.807) is 25.7 Å². The van der Waals surface area contributed by atoms with Crippen molar-refractivity contribution in [3.63, 3.8) is 0 Å². The zero-order chi connectivity index (χ0) is 18.6. The lowest BCUT2D eigenvalue weighted by atomic mass is 9.94. The summed E-state index contributed by atoms with van der Waals surface area (Å²) in [4.78, 5) is 23.3. The van der Waals surface area contributed by atoms with Gasteiger partial charge in [-0.25, -0.2) is 4.98 Å². The molecule has 7 nitrogen and oxygen atoms in total. The predicted molar refractivity (Wildman–Crippen MR) is 100 cm³/mol. The zero-order valence-corrected chi connectivity index (χ0v) is 15.4. The first-order chi connectivity index (χ1) is 13.3. The first-order valence-corrected chi connectivity index (χ1v) is 9.23. The Morgan fingerprint density at radius 2 is 2.07 bits per heavy atom. The largest absolute Gasteiger partial charge is 0.382 e. The second-order valence-electron chi connectivity index (χ2n) is 6.96. The maximum Gasteiger partial charge on any atom is 0.246 e. The molecule has 0 bridgehead atoms. The molecule has 2 heterocycles. The molecule has 3 atom stereocenters. The highest BCUT2D eigenvalue weighted by Gasteiger charge is 2.46. The van der Waals surface area contributed by atoms with Crippen molar-refractivity contribution in [2.24, 2.45) is 5.92 Å². The number of nitrogens with one attached hydrogen (secondary N) is 1. The van der Waals surface area contributed by atoms with Gasteiger partial charge in [0.1, 0.15) is 12.4 Å². The van der Waals surface area contributed by atoms with E-state index in [4.69, 9.17) is 9.47 Å². The summed E-state index contributed by atoms with van der Waals surface area (Å²) in [6.07, 6.45) is 5.19. The van der Waals surface area contributed by atoms with Crippen LogP contribution >= 0.6 is 0 Å². The molecule has 27 heavy (non-hydrogen) atoms. The molecule has 1 saturated heterocycles. The van der Waals surface area contributed by atoms with Gasteiger partial charge in [0, 0.05) is 44.4 Å². The SMILES string of the molecule is COCCOCC(=O)N[C@@H]1c2ccccc2[C@@H]2CN(c3cnccn3)C[C@H]12. The number of rotatable bonds is 7. The van der Waals surface area contributed by atoms with E-state index in [9.17, 15) is 4.79 Å². The molecular weight excluding hydrogens is 344 g/mol. The molecule has 7 heteroatoms. The molecule has 0 saturated carbocycles. The number of amides is 1. The quantitative estimate of drug-likeness (QED) is 0.747. The highest BCUT2D eigenvalue weighted by atomic mass is 16.5. The number of carbonyl (C=O) groups is 1. The Hall–Kier alpha value is -2.51. The minimum Gasteiger partial charge on any atom is -0.382 e. The summed E-state index contributed by atoms with van der Waals surface area (Å²) >= 11 is 0. The number of fused-ring (bicyclic) bond motifs is 3. The Bertz CT molecular complexity index is 786. The smallest absolute Gasteiger partial charge is 0.246 e. The summed E-state index contributed by atoms with van der Waals surface area (Å²) in [6, 6.07) is 8.39. The van der Waals surface area contributed by atoms with Crippen molar-refractivity contribution < 1.29 is 14.3 Å². The highest BCUT2D eigenvalue weighted by Crippen LogP contribution is 2.49. The molecule has 2 aliphatic rings. The van der Waals surface area contributed by atoms with Gasteiger partial charge in [-0.05, 0) is 11.1 Å². The lowest BCUT2D eigenvalue weighted by Crippen LogP contribution is -2.36. The highest BCUT2D eigenvalue weighted by molar-refractivity contribution is 5.78. The van der Waals surface area contributed by atoms with Gasteiger partial charge in [-0.15, -0.1) is 0 Å². The Kier molecular flexibility index (Phi) is 5.31. The lowest BCUT2D eigenvalue weighted by Gasteiger charge is -2.23. The van der Waals surface area contributed by atoms with Crippen molar-refractivity contribution in [1.29, 1.82) is 0 Å². The van der Waals surface area contributed by atoms with Crippen LogP contribution in [-0.2, 0) is 14.3 Å². The van der Waals surface area contributed by atoms with Crippen molar-refractivity contribution >= 4 is 11.7 Å². The van der Waals surface area contributed by atoms with Gasteiger partial charge in [-0.1, -0.05) is 24.3 Å². The van der Waals surface area contributed by atoms with Crippen molar-refractivity contribution in [2.45, 2.75) is 12.0 Å². The molecule has 1 aliphatic heterocycles. The fourth-order valence-corrected chi connectivity index (χ4v) is 4.21. The predicted octanol–water partition coefficient (Wildman–Crippen LogP) is 1.53. The van der Waals surface area contributed by atoms with Gasteiger partial charge in [-0.3, -0.25) is 9.78 Å². The number of benzene rings is 1. The normalized spacial score (nSPS) is 23.1. The van der Waals surface area contributed by atoms with Crippen molar-refractivity contribution in [3.8, 4) is 0 Å². The topological polar surface area (TPSA) is 76.6 Å². The summed E-state index contributed by atoms with van der Waals surface area (Å²) in [6.45, 7) is 2.67. The monoisotopic (exact) mass is 368 g/mol. The molecule has 0 unspecified atom stereocenters. The van der Waals surface area contributed by atoms with Crippen LogP contribution in [0.15, 0.2) is 42.9 Å². The Labute approximate surface area is 158 Å². The van der Waals surface area contributed by atoms with E-state index in [0.717, 1.165) is 18.9 Å². The standard InChI is InChI=1S/C20H24N4O3/c1-26-8-9-27-13-19(25)23-20-15-5-3-2-4-14(15)16-11-24(12-17(16)20)18-10-21-6-7-22-18/h2-7,10,16-17,20H,8-9,11-13H2,1H3,(H,23,25)/t16-,17-,20+/m0/s1. The van der Waals surface area contributed by atoms with E-state index in [2.05, 4.69) is 38.4 Å². The van der Waals surface area contributed by atoms with E-state index < -0.39 is 0 Å². The van der Waals surface area contributed by atoms with Gasteiger partial charge in [0.15, 0.2) is 0 Å². The van der Waals surface area contributed by atoms with E-state index in [1.165, 1.54) is 11.1 Å². The third-order valence-electron chi connectivity index (χ3n) is 5.38. The van der Waals surface area contributed by atoms with Crippen LogP contribution in [0.3, 0.4) is 0 Å². The van der Waals surface area contributed by atoms with Crippen LogP contribution in [0.25, 0.3) is 0 Å². The molecule has 1 aromatic carbocycles. The van der Waals surface area contributed by atoms with Gasteiger partial charge in [0.05, 0.1) is 25.5 Å². The maximum absolute atomic E-state index is 12.4. The van der Waals surface area contributed by atoms with Gasteiger partial charge in [-0.2, -0.15) is 0 Å². The van der Waals surface area contributed by atoms with Crippen LogP contribution in [0.1, 0.15) is 23.1 Å². The molecule has 1 N–H and O–H groups in total. The molecule has 0 spiro atoms. The van der Waals surface area contributed by atoms with Crippen LogP contribution in [0, 0.1) is 5.92 Å². The van der Waals surface area contributed by atoms with E-state index in [-0.39, 0.29) is 18.6 Å². The second-order valence-corrected chi connectivity index (χ2v) is 6.96. The average molecular weight is 368 g/mol. The summed E-state index contributed by atoms with van der Waals surface area (Å²) in [7, 11) is 1.61. The molecule has 1 aromatic heterocycles. The molecular formula is C20H24N4O3. The van der Waals surface area contributed by atoms with Crippen LogP contribution in [0.5, 0.6) is 0 Å².